The molecule has 3 rings (SSSR count). The number of hydrogen-bond acceptors (Lipinski definition) is 3. The Morgan fingerprint density at radius 2 is 1.71 bits per heavy atom. The molecule has 0 saturated heterocycles. The van der Waals surface area contributed by atoms with Crippen LogP contribution in [0.5, 0.6) is 5.75 Å². The minimum Gasteiger partial charge on any atom is -0.494 e. The summed E-state index contributed by atoms with van der Waals surface area (Å²) < 4.78 is 5.70. The smallest absolute Gasteiger partial charge is 0.119 e. The maximum atomic E-state index is 6.18. The number of fused-ring (bicyclic) bond motifs is 1. The Morgan fingerprint density at radius 3 is 2.52 bits per heavy atom. The molecule has 3 N–H and O–H groups in total. The minimum atomic E-state index is 0.166. The van der Waals surface area contributed by atoms with Gasteiger partial charge in [-0.2, -0.15) is 0 Å². The van der Waals surface area contributed by atoms with E-state index in [1.54, 1.807) is 0 Å². The van der Waals surface area contributed by atoms with E-state index in [2.05, 4.69) is 29.6 Å². The Balaban J connectivity index is 1.43. The first kappa shape index (κ1) is 14.1. The van der Waals surface area contributed by atoms with Crippen LogP contribution in [0.15, 0.2) is 54.6 Å². The van der Waals surface area contributed by atoms with E-state index in [1.165, 1.54) is 11.1 Å². The zero-order valence-electron chi connectivity index (χ0n) is 12.2. The molecule has 0 heterocycles. The van der Waals surface area contributed by atoms with Crippen molar-refractivity contribution in [1.29, 1.82) is 0 Å². The lowest BCUT2D eigenvalue weighted by molar-refractivity contribution is 0.304. The van der Waals surface area contributed by atoms with Crippen LogP contribution in [-0.2, 0) is 0 Å². The summed E-state index contributed by atoms with van der Waals surface area (Å²) in [6, 6.07) is 19.0. The Morgan fingerprint density at radius 1 is 1.00 bits per heavy atom. The van der Waals surface area contributed by atoms with E-state index in [9.17, 15) is 0 Å². The molecule has 1 aliphatic rings. The zero-order chi connectivity index (χ0) is 14.5. The highest BCUT2D eigenvalue weighted by Gasteiger charge is 2.27. The van der Waals surface area contributed by atoms with Gasteiger partial charge in [-0.1, -0.05) is 42.5 Å². The number of nitrogens with one attached hydrogen (secondary N) is 1. The van der Waals surface area contributed by atoms with Gasteiger partial charge < -0.3 is 15.8 Å². The Bertz CT molecular complexity index is 570. The number of ether oxygens (including phenoxy) is 1. The first-order chi connectivity index (χ1) is 10.3. The Hall–Kier alpha value is -1.84. The van der Waals surface area contributed by atoms with Gasteiger partial charge in [0.25, 0.3) is 0 Å². The summed E-state index contributed by atoms with van der Waals surface area (Å²) >= 11 is 0. The minimum absolute atomic E-state index is 0.166. The summed E-state index contributed by atoms with van der Waals surface area (Å²) in [6.45, 7) is 1.68. The molecule has 21 heavy (non-hydrogen) atoms. The molecule has 2 aromatic carbocycles. The van der Waals surface area contributed by atoms with Gasteiger partial charge in [0.15, 0.2) is 0 Å². The fourth-order valence-corrected chi connectivity index (χ4v) is 2.92. The summed E-state index contributed by atoms with van der Waals surface area (Å²) in [6.07, 6.45) is 1.97. The van der Waals surface area contributed by atoms with E-state index in [-0.39, 0.29) is 6.04 Å². The van der Waals surface area contributed by atoms with Crippen LogP contribution in [0.3, 0.4) is 0 Å². The van der Waals surface area contributed by atoms with Gasteiger partial charge in [0.1, 0.15) is 5.75 Å². The molecule has 3 nitrogen and oxygen atoms in total. The lowest BCUT2D eigenvalue weighted by Crippen LogP contribution is -2.22. The first-order valence-electron chi connectivity index (χ1n) is 7.60. The number of para-hydroxylation sites is 1. The van der Waals surface area contributed by atoms with E-state index in [0.29, 0.717) is 6.04 Å². The lowest BCUT2D eigenvalue weighted by Gasteiger charge is -2.14. The topological polar surface area (TPSA) is 47.3 Å². The Labute approximate surface area is 126 Å². The SMILES string of the molecule is NC1CC(NCCCOc2ccccc2)c2ccccc21. The van der Waals surface area contributed by atoms with Crippen molar-refractivity contribution in [1.82, 2.24) is 5.32 Å². The number of nitrogens with two attached hydrogens (primary N) is 1. The molecule has 1 aliphatic carbocycles. The van der Waals surface area contributed by atoms with Crippen LogP contribution in [0.25, 0.3) is 0 Å². The van der Waals surface area contributed by atoms with Gasteiger partial charge in [0, 0.05) is 12.1 Å². The van der Waals surface area contributed by atoms with Crippen LogP contribution < -0.4 is 15.8 Å². The summed E-state index contributed by atoms with van der Waals surface area (Å²) in [5.41, 5.74) is 8.82. The third-order valence-electron chi connectivity index (χ3n) is 3.98. The number of hydrogen-bond donors (Lipinski definition) is 2. The molecule has 0 aromatic heterocycles. The van der Waals surface area contributed by atoms with Gasteiger partial charge in [-0.05, 0) is 42.6 Å². The molecule has 0 radical (unpaired) electrons. The van der Waals surface area contributed by atoms with Gasteiger partial charge in [-0.3, -0.25) is 0 Å². The fourth-order valence-electron chi connectivity index (χ4n) is 2.92. The summed E-state index contributed by atoms with van der Waals surface area (Å²) in [7, 11) is 0. The van der Waals surface area contributed by atoms with E-state index in [0.717, 1.165) is 31.7 Å². The zero-order valence-corrected chi connectivity index (χ0v) is 12.2. The second-order valence-electron chi connectivity index (χ2n) is 5.49. The van der Waals surface area contributed by atoms with Gasteiger partial charge >= 0.3 is 0 Å². The van der Waals surface area contributed by atoms with Gasteiger partial charge in [-0.15, -0.1) is 0 Å². The maximum absolute atomic E-state index is 6.18. The van der Waals surface area contributed by atoms with Crippen molar-refractivity contribution in [3.63, 3.8) is 0 Å². The molecule has 110 valence electrons. The van der Waals surface area contributed by atoms with Crippen molar-refractivity contribution in [2.24, 2.45) is 5.73 Å². The predicted molar refractivity (Wildman–Crippen MR) is 85.3 cm³/mol. The second-order valence-corrected chi connectivity index (χ2v) is 5.49. The predicted octanol–water partition coefficient (Wildman–Crippen LogP) is 3.19. The summed E-state index contributed by atoms with van der Waals surface area (Å²) in [5, 5.41) is 3.59. The highest BCUT2D eigenvalue weighted by molar-refractivity contribution is 5.37. The first-order valence-corrected chi connectivity index (χ1v) is 7.60. The average molecular weight is 282 g/mol. The molecule has 0 aliphatic heterocycles. The monoisotopic (exact) mass is 282 g/mol. The van der Waals surface area contributed by atoms with Gasteiger partial charge in [-0.25, -0.2) is 0 Å². The molecule has 0 amide bonds. The normalized spacial score (nSPS) is 20.2. The highest BCUT2D eigenvalue weighted by atomic mass is 16.5. The summed E-state index contributed by atoms with van der Waals surface area (Å²) in [5.74, 6) is 0.936. The van der Waals surface area contributed by atoms with Crippen molar-refractivity contribution in [3.8, 4) is 5.75 Å². The van der Waals surface area contributed by atoms with Crippen molar-refractivity contribution in [3.05, 3.63) is 65.7 Å². The molecule has 2 atom stereocenters. The van der Waals surface area contributed by atoms with Crippen LogP contribution in [0, 0.1) is 0 Å². The third-order valence-corrected chi connectivity index (χ3v) is 3.98. The largest absolute Gasteiger partial charge is 0.494 e. The van der Waals surface area contributed by atoms with E-state index >= 15 is 0 Å². The molecule has 0 saturated carbocycles. The van der Waals surface area contributed by atoms with Crippen LogP contribution in [-0.4, -0.2) is 13.2 Å². The molecular formula is C18H22N2O. The van der Waals surface area contributed by atoms with E-state index in [1.807, 2.05) is 30.3 Å². The molecule has 3 heteroatoms. The van der Waals surface area contributed by atoms with Crippen LogP contribution in [0.1, 0.15) is 36.1 Å². The van der Waals surface area contributed by atoms with Gasteiger partial charge in [0.2, 0.25) is 0 Å². The number of benzene rings is 2. The number of rotatable bonds is 6. The lowest BCUT2D eigenvalue weighted by atomic mass is 10.1. The molecule has 2 unspecified atom stereocenters. The standard InChI is InChI=1S/C18H22N2O/c19-17-13-18(16-10-5-4-9-15(16)17)20-11-6-12-21-14-7-2-1-3-8-14/h1-5,7-10,17-18,20H,6,11-13,19H2. The molecule has 0 fully saturated rings. The molecule has 0 bridgehead atoms. The molecular weight excluding hydrogens is 260 g/mol. The van der Waals surface area contributed by atoms with E-state index < -0.39 is 0 Å². The van der Waals surface area contributed by atoms with E-state index in [4.69, 9.17) is 10.5 Å². The highest BCUT2D eigenvalue weighted by Crippen LogP contribution is 2.36. The fraction of sp³-hybridized carbons (Fsp3) is 0.333. The maximum Gasteiger partial charge on any atom is 0.119 e. The summed E-state index contributed by atoms with van der Waals surface area (Å²) in [4.78, 5) is 0. The van der Waals surface area contributed by atoms with Crippen molar-refractivity contribution in [2.45, 2.75) is 24.9 Å². The molecule has 0 spiro atoms. The van der Waals surface area contributed by atoms with Gasteiger partial charge in [0.05, 0.1) is 6.61 Å². The Kier molecular flexibility index (Phi) is 4.53. The van der Waals surface area contributed by atoms with Crippen LogP contribution in [0.2, 0.25) is 0 Å². The third kappa shape index (κ3) is 3.43. The van der Waals surface area contributed by atoms with Crippen molar-refractivity contribution >= 4 is 0 Å². The van der Waals surface area contributed by atoms with Crippen LogP contribution >= 0.6 is 0 Å². The quantitative estimate of drug-likeness (QED) is 0.800. The van der Waals surface area contributed by atoms with Crippen molar-refractivity contribution < 1.29 is 4.74 Å². The van der Waals surface area contributed by atoms with Crippen LogP contribution in [0.4, 0.5) is 0 Å². The van der Waals surface area contributed by atoms with Crippen molar-refractivity contribution in [2.75, 3.05) is 13.2 Å². The average Bonchev–Trinajstić information content (AvgIpc) is 2.85. The molecule has 2 aromatic rings. The second kappa shape index (κ2) is 6.74.